The second kappa shape index (κ2) is 33.2. The number of esters is 2. The molecular weight excluding hydrogens is 635 g/mol. The van der Waals surface area contributed by atoms with E-state index in [2.05, 4.69) is 74.6 Å². The van der Waals surface area contributed by atoms with Gasteiger partial charge in [-0.15, -0.1) is 0 Å². The summed E-state index contributed by atoms with van der Waals surface area (Å²) < 4.78 is 32.2. The number of carbonyl (C=O) groups is 2. The molecule has 0 radical (unpaired) electrons. The fourth-order valence-electron chi connectivity index (χ4n) is 4.26. The molecule has 0 amide bonds. The fourth-order valence-corrected chi connectivity index (χ4v) is 5.04. The van der Waals surface area contributed by atoms with Gasteiger partial charge in [0.15, 0.2) is 0 Å². The first kappa shape index (κ1) is 45.7. The van der Waals surface area contributed by atoms with Crippen molar-refractivity contribution in [3.8, 4) is 0 Å². The number of hydrogen-bond donors (Lipinski definition) is 3. The minimum absolute atomic E-state index is 0.151. The Morgan fingerprint density at radius 3 is 1.42 bits per heavy atom. The van der Waals surface area contributed by atoms with Crippen molar-refractivity contribution < 1.29 is 47.8 Å². The summed E-state index contributed by atoms with van der Waals surface area (Å²) in [6.07, 6.45) is 33.8. The highest BCUT2D eigenvalue weighted by atomic mass is 31.2. The van der Waals surface area contributed by atoms with Gasteiger partial charge in [0.05, 0.1) is 26.4 Å². The number of aliphatic hydroxyl groups excluding tert-OH is 2. The Morgan fingerprint density at radius 1 is 0.583 bits per heavy atom. The van der Waals surface area contributed by atoms with Gasteiger partial charge in [0.25, 0.3) is 0 Å². The molecule has 0 bridgehead atoms. The Bertz CT molecular complexity index is 989. The molecule has 0 aliphatic heterocycles. The van der Waals surface area contributed by atoms with E-state index in [0.29, 0.717) is 12.8 Å². The summed E-state index contributed by atoms with van der Waals surface area (Å²) in [6.45, 7) is 1.93. The molecule has 0 fully saturated rings. The van der Waals surface area contributed by atoms with E-state index >= 15 is 0 Å². The third-order valence-corrected chi connectivity index (χ3v) is 7.95. The second-order valence-electron chi connectivity index (χ2n) is 11.5. The molecule has 0 aromatic rings. The van der Waals surface area contributed by atoms with Crippen LogP contribution in [0.2, 0.25) is 0 Å². The molecule has 3 unspecified atom stereocenters. The van der Waals surface area contributed by atoms with Crippen molar-refractivity contribution in [2.24, 2.45) is 0 Å². The van der Waals surface area contributed by atoms with Crippen LogP contribution < -0.4 is 0 Å². The standard InChI is InChI=1S/C37H63O10P/c1-3-5-7-9-11-12-13-14-15-16-17-18-19-20-21-22-23-25-27-29-37(41)47-35(31-39)33-45-48(42,43)44-32-34(30-38)46-36(40)28-26-24-10-8-6-4-2/h5,7,11-12,14-15,17-18,20-21,34-35,38-39H,3-4,6,8-10,13,16,19,22-33H2,1-2H3,(H,42,43)/b7-5-,12-11-,15-14-,18-17-,21-20-. The quantitative estimate of drug-likeness (QED) is 0.0271. The first-order valence-electron chi connectivity index (χ1n) is 17.7. The summed E-state index contributed by atoms with van der Waals surface area (Å²) in [5.41, 5.74) is 0. The molecule has 3 atom stereocenters. The zero-order valence-corrected chi connectivity index (χ0v) is 30.3. The van der Waals surface area contributed by atoms with E-state index < -0.39 is 58.4 Å². The number of phosphoric acid groups is 1. The summed E-state index contributed by atoms with van der Waals surface area (Å²) in [5.74, 6) is -1.07. The molecule has 0 aliphatic rings. The lowest BCUT2D eigenvalue weighted by atomic mass is 10.1. The van der Waals surface area contributed by atoms with Gasteiger partial charge in [0, 0.05) is 12.8 Å². The number of carbonyl (C=O) groups excluding carboxylic acids is 2. The van der Waals surface area contributed by atoms with Crippen LogP contribution in [-0.4, -0.2) is 65.7 Å². The van der Waals surface area contributed by atoms with E-state index in [9.17, 15) is 29.3 Å². The summed E-state index contributed by atoms with van der Waals surface area (Å²) >= 11 is 0. The smallest absolute Gasteiger partial charge is 0.457 e. The van der Waals surface area contributed by atoms with Crippen LogP contribution in [0.3, 0.4) is 0 Å². The molecule has 0 spiro atoms. The van der Waals surface area contributed by atoms with E-state index in [1.54, 1.807) is 0 Å². The molecule has 10 nitrogen and oxygen atoms in total. The first-order valence-corrected chi connectivity index (χ1v) is 19.2. The van der Waals surface area contributed by atoms with Crippen LogP contribution in [0.1, 0.15) is 123 Å². The number of hydrogen-bond acceptors (Lipinski definition) is 9. The Kier molecular flexibility index (Phi) is 31.6. The number of unbranched alkanes of at least 4 members (excludes halogenated alkanes) is 8. The van der Waals surface area contributed by atoms with Crippen molar-refractivity contribution in [1.82, 2.24) is 0 Å². The summed E-state index contributed by atoms with van der Waals surface area (Å²) in [7, 11) is -4.63. The topological polar surface area (TPSA) is 149 Å². The summed E-state index contributed by atoms with van der Waals surface area (Å²) in [4.78, 5) is 34.1. The Balaban J connectivity index is 4.05. The monoisotopic (exact) mass is 698 g/mol. The van der Waals surface area contributed by atoms with Gasteiger partial charge >= 0.3 is 19.8 Å². The van der Waals surface area contributed by atoms with E-state index in [4.69, 9.17) is 18.5 Å². The predicted molar refractivity (Wildman–Crippen MR) is 191 cm³/mol. The SMILES string of the molecule is CC/C=C\C/C=C\C/C=C\C/C=C\C/C=C\CCCCCC(=O)OC(CO)COP(=O)(O)OCC(CO)OC(=O)CCCCCCCC. The first-order chi connectivity index (χ1) is 23.3. The van der Waals surface area contributed by atoms with Gasteiger partial charge in [-0.3, -0.25) is 18.6 Å². The molecule has 0 saturated carbocycles. The van der Waals surface area contributed by atoms with E-state index in [0.717, 1.165) is 83.5 Å². The van der Waals surface area contributed by atoms with Crippen LogP contribution in [0.25, 0.3) is 0 Å². The maximum Gasteiger partial charge on any atom is 0.472 e. The van der Waals surface area contributed by atoms with Crippen molar-refractivity contribution >= 4 is 19.8 Å². The van der Waals surface area contributed by atoms with Gasteiger partial charge in [-0.1, -0.05) is 113 Å². The molecule has 276 valence electrons. The van der Waals surface area contributed by atoms with Gasteiger partial charge in [0.2, 0.25) is 0 Å². The van der Waals surface area contributed by atoms with Gasteiger partial charge in [-0.05, 0) is 57.8 Å². The van der Waals surface area contributed by atoms with E-state index in [-0.39, 0.29) is 12.8 Å². The van der Waals surface area contributed by atoms with Crippen molar-refractivity contribution in [3.63, 3.8) is 0 Å². The molecule has 48 heavy (non-hydrogen) atoms. The molecule has 0 heterocycles. The number of ether oxygens (including phenoxy) is 2. The zero-order chi connectivity index (χ0) is 35.6. The van der Waals surface area contributed by atoms with Gasteiger partial charge in [-0.2, -0.15) is 0 Å². The second-order valence-corrected chi connectivity index (χ2v) is 12.9. The average Bonchev–Trinajstić information content (AvgIpc) is 3.07. The van der Waals surface area contributed by atoms with Crippen LogP contribution in [0.4, 0.5) is 0 Å². The zero-order valence-electron chi connectivity index (χ0n) is 29.4. The lowest BCUT2D eigenvalue weighted by Crippen LogP contribution is -2.28. The largest absolute Gasteiger partial charge is 0.472 e. The summed E-state index contributed by atoms with van der Waals surface area (Å²) in [6, 6.07) is 0. The van der Waals surface area contributed by atoms with Crippen LogP contribution in [0.5, 0.6) is 0 Å². The van der Waals surface area contributed by atoms with Crippen molar-refractivity contribution in [2.45, 2.75) is 135 Å². The molecule has 0 aromatic heterocycles. The fraction of sp³-hybridized carbons (Fsp3) is 0.676. The van der Waals surface area contributed by atoms with Crippen LogP contribution >= 0.6 is 7.82 Å². The highest BCUT2D eigenvalue weighted by Gasteiger charge is 2.27. The van der Waals surface area contributed by atoms with Crippen molar-refractivity contribution in [2.75, 3.05) is 26.4 Å². The van der Waals surface area contributed by atoms with Gasteiger partial charge < -0.3 is 24.6 Å². The van der Waals surface area contributed by atoms with Gasteiger partial charge in [-0.25, -0.2) is 4.57 Å². The third kappa shape index (κ3) is 31.0. The summed E-state index contributed by atoms with van der Waals surface area (Å²) in [5, 5.41) is 19.0. The molecule has 0 rings (SSSR count). The molecule has 3 N–H and O–H groups in total. The lowest BCUT2D eigenvalue weighted by Gasteiger charge is -2.20. The molecule has 0 saturated heterocycles. The minimum Gasteiger partial charge on any atom is -0.457 e. The third-order valence-electron chi connectivity index (χ3n) is 6.99. The van der Waals surface area contributed by atoms with Crippen molar-refractivity contribution in [1.29, 1.82) is 0 Å². The van der Waals surface area contributed by atoms with E-state index in [1.807, 2.05) is 0 Å². The van der Waals surface area contributed by atoms with Gasteiger partial charge in [0.1, 0.15) is 12.2 Å². The maximum atomic E-state index is 12.2. The van der Waals surface area contributed by atoms with Crippen LogP contribution in [-0.2, 0) is 32.7 Å². The highest BCUT2D eigenvalue weighted by Crippen LogP contribution is 2.43. The van der Waals surface area contributed by atoms with Crippen molar-refractivity contribution in [3.05, 3.63) is 60.8 Å². The minimum atomic E-state index is -4.63. The predicted octanol–water partition coefficient (Wildman–Crippen LogP) is 8.38. The molecule has 11 heteroatoms. The Morgan fingerprint density at radius 2 is 0.979 bits per heavy atom. The number of allylic oxidation sites excluding steroid dienone is 10. The van der Waals surface area contributed by atoms with Crippen LogP contribution in [0, 0.1) is 0 Å². The number of phosphoric ester groups is 1. The lowest BCUT2D eigenvalue weighted by molar-refractivity contribution is -0.153. The van der Waals surface area contributed by atoms with E-state index in [1.165, 1.54) is 0 Å². The maximum absolute atomic E-state index is 12.2. The Labute approximate surface area is 289 Å². The molecule has 0 aliphatic carbocycles. The molecule has 0 aromatic carbocycles. The number of aliphatic hydroxyl groups is 2. The molecular formula is C37H63O10P. The van der Waals surface area contributed by atoms with Crippen LogP contribution in [0.15, 0.2) is 60.8 Å². The number of rotatable bonds is 32. The normalized spacial score (nSPS) is 14.9. The average molecular weight is 699 g/mol. The Hall–Kier alpha value is -2.33. The highest BCUT2D eigenvalue weighted by molar-refractivity contribution is 7.47.